The lowest BCUT2D eigenvalue weighted by atomic mass is 9.98. The Morgan fingerprint density at radius 2 is 1.88 bits per heavy atom. The predicted molar refractivity (Wildman–Crippen MR) is 102 cm³/mol. The highest BCUT2D eigenvalue weighted by molar-refractivity contribution is 5.95. The molecular formula is C21H30N2O3. The molecule has 0 radical (unpaired) electrons. The van der Waals surface area contributed by atoms with Crippen molar-refractivity contribution in [1.82, 2.24) is 5.32 Å². The van der Waals surface area contributed by atoms with E-state index in [1.807, 2.05) is 29.2 Å². The van der Waals surface area contributed by atoms with Gasteiger partial charge in [-0.05, 0) is 43.4 Å². The number of amides is 2. The summed E-state index contributed by atoms with van der Waals surface area (Å²) in [5, 5.41) is 2.96. The molecule has 0 spiro atoms. The van der Waals surface area contributed by atoms with Crippen molar-refractivity contribution in [2.75, 3.05) is 24.6 Å². The molecule has 3 rings (SSSR count). The molecule has 1 aromatic rings. The fraction of sp³-hybridized carbons (Fsp3) is 0.619. The second kappa shape index (κ2) is 9.72. The van der Waals surface area contributed by atoms with Crippen LogP contribution in [-0.4, -0.2) is 37.6 Å². The van der Waals surface area contributed by atoms with Gasteiger partial charge >= 0.3 is 0 Å². The van der Waals surface area contributed by atoms with Gasteiger partial charge in [0.25, 0.3) is 0 Å². The van der Waals surface area contributed by atoms with Crippen LogP contribution in [0.5, 0.6) is 0 Å². The van der Waals surface area contributed by atoms with Gasteiger partial charge in [-0.2, -0.15) is 0 Å². The monoisotopic (exact) mass is 358 g/mol. The standard InChI is InChI=1S/C21H30N2O3/c24-20(22-13-5-15-26-19-6-2-1-3-7-19)16-17-9-11-18(12-10-17)23-14-4-8-21(23)25/h9-12,19H,1-8,13-16H2,(H,22,24). The lowest BCUT2D eigenvalue weighted by Crippen LogP contribution is -2.27. The van der Waals surface area contributed by atoms with E-state index in [0.717, 1.165) is 37.2 Å². The summed E-state index contributed by atoms with van der Waals surface area (Å²) in [6.45, 7) is 2.18. The first kappa shape index (κ1) is 18.9. The highest BCUT2D eigenvalue weighted by Gasteiger charge is 2.21. The number of carbonyl (C=O) groups is 2. The number of benzene rings is 1. The fourth-order valence-corrected chi connectivity index (χ4v) is 3.74. The van der Waals surface area contributed by atoms with Crippen molar-refractivity contribution in [3.8, 4) is 0 Å². The molecule has 2 fully saturated rings. The van der Waals surface area contributed by atoms with Crippen molar-refractivity contribution in [3.63, 3.8) is 0 Å². The second-order valence-electron chi connectivity index (χ2n) is 7.33. The second-order valence-corrected chi connectivity index (χ2v) is 7.33. The summed E-state index contributed by atoms with van der Waals surface area (Å²) in [6, 6.07) is 7.74. The lowest BCUT2D eigenvalue weighted by molar-refractivity contribution is -0.120. The highest BCUT2D eigenvalue weighted by Crippen LogP contribution is 2.22. The van der Waals surface area contributed by atoms with Gasteiger partial charge in [0.1, 0.15) is 0 Å². The van der Waals surface area contributed by atoms with Gasteiger partial charge < -0.3 is 15.0 Å². The molecular weight excluding hydrogens is 328 g/mol. The van der Waals surface area contributed by atoms with E-state index in [4.69, 9.17) is 4.74 Å². The zero-order chi connectivity index (χ0) is 18.2. The quantitative estimate of drug-likeness (QED) is 0.726. The van der Waals surface area contributed by atoms with Gasteiger partial charge in [0.15, 0.2) is 0 Å². The van der Waals surface area contributed by atoms with Crippen molar-refractivity contribution in [3.05, 3.63) is 29.8 Å². The van der Waals surface area contributed by atoms with Crippen LogP contribution in [-0.2, 0) is 20.7 Å². The van der Waals surface area contributed by atoms with E-state index in [2.05, 4.69) is 5.32 Å². The molecule has 1 aromatic carbocycles. The van der Waals surface area contributed by atoms with Gasteiger partial charge in [0.2, 0.25) is 11.8 Å². The van der Waals surface area contributed by atoms with E-state index < -0.39 is 0 Å². The third-order valence-corrected chi connectivity index (χ3v) is 5.24. The van der Waals surface area contributed by atoms with Crippen LogP contribution in [0, 0.1) is 0 Å². The lowest BCUT2D eigenvalue weighted by Gasteiger charge is -2.21. The molecule has 2 amide bonds. The fourth-order valence-electron chi connectivity index (χ4n) is 3.74. The average molecular weight is 358 g/mol. The summed E-state index contributed by atoms with van der Waals surface area (Å²) < 4.78 is 5.87. The first-order valence-electron chi connectivity index (χ1n) is 10.00. The molecule has 0 aromatic heterocycles. The topological polar surface area (TPSA) is 58.6 Å². The van der Waals surface area contributed by atoms with Crippen molar-refractivity contribution in [2.45, 2.75) is 63.9 Å². The van der Waals surface area contributed by atoms with Crippen LogP contribution in [0.4, 0.5) is 5.69 Å². The smallest absolute Gasteiger partial charge is 0.227 e. The first-order chi connectivity index (χ1) is 12.7. The van der Waals surface area contributed by atoms with Crippen LogP contribution < -0.4 is 10.2 Å². The molecule has 0 unspecified atom stereocenters. The summed E-state index contributed by atoms with van der Waals surface area (Å²) in [5.74, 6) is 0.221. The minimum Gasteiger partial charge on any atom is -0.378 e. The van der Waals surface area contributed by atoms with Gasteiger partial charge in [-0.3, -0.25) is 9.59 Å². The maximum absolute atomic E-state index is 12.1. The van der Waals surface area contributed by atoms with E-state index in [-0.39, 0.29) is 11.8 Å². The maximum atomic E-state index is 12.1. The average Bonchev–Trinajstić information content (AvgIpc) is 3.09. The molecule has 1 N–H and O–H groups in total. The first-order valence-corrected chi connectivity index (χ1v) is 10.00. The summed E-state index contributed by atoms with van der Waals surface area (Å²) in [6.07, 6.45) is 9.50. The number of hydrogen-bond acceptors (Lipinski definition) is 3. The molecule has 0 atom stereocenters. The number of nitrogens with zero attached hydrogens (tertiary/aromatic N) is 1. The molecule has 5 heteroatoms. The van der Waals surface area contributed by atoms with Crippen LogP contribution in [0.15, 0.2) is 24.3 Å². The SMILES string of the molecule is O=C(Cc1ccc(N2CCCC2=O)cc1)NCCCOC1CCCCC1. The van der Waals surface area contributed by atoms with Gasteiger partial charge in [-0.15, -0.1) is 0 Å². The van der Waals surface area contributed by atoms with Gasteiger partial charge in [0.05, 0.1) is 12.5 Å². The maximum Gasteiger partial charge on any atom is 0.227 e. The van der Waals surface area contributed by atoms with Crippen LogP contribution in [0.1, 0.15) is 56.9 Å². The minimum absolute atomic E-state index is 0.0349. The number of ether oxygens (including phenoxy) is 1. The molecule has 1 heterocycles. The van der Waals surface area contributed by atoms with E-state index in [1.165, 1.54) is 32.1 Å². The summed E-state index contributed by atoms with van der Waals surface area (Å²) in [5.41, 5.74) is 1.90. The molecule has 1 saturated heterocycles. The van der Waals surface area contributed by atoms with Crippen LogP contribution in [0.25, 0.3) is 0 Å². The normalized spacial score (nSPS) is 18.3. The van der Waals surface area contributed by atoms with Crippen LogP contribution >= 0.6 is 0 Å². The third-order valence-electron chi connectivity index (χ3n) is 5.24. The molecule has 142 valence electrons. The van der Waals surface area contributed by atoms with E-state index >= 15 is 0 Å². The van der Waals surface area contributed by atoms with Crippen molar-refractivity contribution >= 4 is 17.5 Å². The van der Waals surface area contributed by atoms with Crippen molar-refractivity contribution < 1.29 is 14.3 Å². The molecule has 0 bridgehead atoms. The Hall–Kier alpha value is -1.88. The zero-order valence-electron chi connectivity index (χ0n) is 15.5. The number of rotatable bonds is 8. The summed E-state index contributed by atoms with van der Waals surface area (Å²) >= 11 is 0. The van der Waals surface area contributed by atoms with Crippen LogP contribution in [0.2, 0.25) is 0 Å². The minimum atomic E-state index is 0.0349. The van der Waals surface area contributed by atoms with Crippen LogP contribution in [0.3, 0.4) is 0 Å². The number of anilines is 1. The Bertz CT molecular complexity index is 594. The molecule has 1 aliphatic carbocycles. The molecule has 1 saturated carbocycles. The largest absolute Gasteiger partial charge is 0.378 e. The summed E-state index contributed by atoms with van der Waals surface area (Å²) in [7, 11) is 0. The van der Waals surface area contributed by atoms with Gasteiger partial charge in [0, 0.05) is 31.8 Å². The van der Waals surface area contributed by atoms with Crippen molar-refractivity contribution in [2.24, 2.45) is 0 Å². The summed E-state index contributed by atoms with van der Waals surface area (Å²) in [4.78, 5) is 25.6. The Morgan fingerprint density at radius 3 is 2.58 bits per heavy atom. The third kappa shape index (κ3) is 5.56. The van der Waals surface area contributed by atoms with E-state index in [0.29, 0.717) is 25.5 Å². The highest BCUT2D eigenvalue weighted by atomic mass is 16.5. The van der Waals surface area contributed by atoms with Gasteiger partial charge in [-0.25, -0.2) is 0 Å². The van der Waals surface area contributed by atoms with Gasteiger partial charge in [-0.1, -0.05) is 31.4 Å². The van der Waals surface area contributed by atoms with Crippen molar-refractivity contribution in [1.29, 1.82) is 0 Å². The number of nitrogens with one attached hydrogen (secondary N) is 1. The number of hydrogen-bond donors (Lipinski definition) is 1. The molecule has 5 nitrogen and oxygen atoms in total. The number of carbonyl (C=O) groups excluding carboxylic acids is 2. The van der Waals surface area contributed by atoms with E-state index in [1.54, 1.807) is 0 Å². The Balaban J connectivity index is 1.32. The Labute approximate surface area is 156 Å². The Kier molecular flexibility index (Phi) is 7.06. The van der Waals surface area contributed by atoms with E-state index in [9.17, 15) is 9.59 Å². The Morgan fingerprint density at radius 1 is 1.12 bits per heavy atom. The predicted octanol–water partition coefficient (Wildman–Crippen LogP) is 3.21. The zero-order valence-corrected chi connectivity index (χ0v) is 15.5. The molecule has 2 aliphatic rings. The molecule has 1 aliphatic heterocycles. The molecule has 26 heavy (non-hydrogen) atoms.